The SMILES string of the molecule is Cn1cc(C2(C3=NC4(CCOCC4)C(=O)N3CC3CN(C(=O)C4CC4)C3)C=CC(c3ccccc3)C=C2)cn1. The van der Waals surface area contributed by atoms with E-state index in [2.05, 4.69) is 53.7 Å². The number of carbonyl (C=O) groups excluding carboxylic acids is 2. The van der Waals surface area contributed by atoms with Crippen molar-refractivity contribution < 1.29 is 14.3 Å². The lowest BCUT2D eigenvalue weighted by atomic mass is 9.74. The van der Waals surface area contributed by atoms with E-state index in [0.29, 0.717) is 45.7 Å². The molecule has 1 saturated carbocycles. The molecule has 1 aromatic carbocycles. The molecule has 2 aromatic rings. The van der Waals surface area contributed by atoms with Gasteiger partial charge in [0.1, 0.15) is 11.4 Å². The molecule has 1 aromatic heterocycles. The zero-order valence-corrected chi connectivity index (χ0v) is 22.4. The number of amidine groups is 1. The lowest BCUT2D eigenvalue weighted by Crippen LogP contribution is -2.57. The van der Waals surface area contributed by atoms with E-state index >= 15 is 0 Å². The number of benzene rings is 1. The van der Waals surface area contributed by atoms with Crippen LogP contribution in [0.3, 0.4) is 0 Å². The molecule has 202 valence electrons. The highest BCUT2D eigenvalue weighted by molar-refractivity contribution is 6.14. The maximum Gasteiger partial charge on any atom is 0.256 e. The van der Waals surface area contributed by atoms with E-state index < -0.39 is 11.0 Å². The molecule has 0 bridgehead atoms. The molecular formula is C31H35N5O3. The Hall–Kier alpha value is -3.52. The summed E-state index contributed by atoms with van der Waals surface area (Å²) in [6.07, 6.45) is 16.0. The summed E-state index contributed by atoms with van der Waals surface area (Å²) in [5.41, 5.74) is 0.726. The van der Waals surface area contributed by atoms with E-state index in [-0.39, 0.29) is 29.6 Å². The lowest BCUT2D eigenvalue weighted by Gasteiger charge is -2.43. The van der Waals surface area contributed by atoms with Gasteiger partial charge in [-0.2, -0.15) is 5.10 Å². The molecule has 4 heterocycles. The zero-order valence-electron chi connectivity index (χ0n) is 22.4. The Morgan fingerprint density at radius 1 is 1.08 bits per heavy atom. The first kappa shape index (κ1) is 24.5. The van der Waals surface area contributed by atoms with E-state index in [9.17, 15) is 9.59 Å². The average molecular weight is 526 g/mol. The van der Waals surface area contributed by atoms with Gasteiger partial charge >= 0.3 is 0 Å². The maximum absolute atomic E-state index is 14.2. The summed E-state index contributed by atoms with van der Waals surface area (Å²) >= 11 is 0. The number of hydrogen-bond donors (Lipinski definition) is 0. The number of aliphatic imine (C=N–C) groups is 1. The number of allylic oxidation sites excluding steroid dienone is 2. The second kappa shape index (κ2) is 9.30. The molecule has 3 aliphatic heterocycles. The molecule has 0 atom stereocenters. The average Bonchev–Trinajstić information content (AvgIpc) is 3.66. The lowest BCUT2D eigenvalue weighted by molar-refractivity contribution is -0.140. The van der Waals surface area contributed by atoms with Gasteiger partial charge in [0, 0.05) is 82.3 Å². The minimum Gasteiger partial charge on any atom is -0.381 e. The number of likely N-dealkylation sites (tertiary alicyclic amines) is 1. The number of rotatable bonds is 6. The summed E-state index contributed by atoms with van der Waals surface area (Å²) in [5, 5.41) is 4.50. The van der Waals surface area contributed by atoms with Crippen molar-refractivity contribution in [3.8, 4) is 0 Å². The molecule has 0 unspecified atom stereocenters. The summed E-state index contributed by atoms with van der Waals surface area (Å²) in [6.45, 7) is 3.06. The highest BCUT2D eigenvalue weighted by atomic mass is 16.5. The summed E-state index contributed by atoms with van der Waals surface area (Å²) < 4.78 is 7.46. The molecule has 2 saturated heterocycles. The monoisotopic (exact) mass is 525 g/mol. The van der Waals surface area contributed by atoms with Crippen molar-refractivity contribution in [2.24, 2.45) is 23.9 Å². The van der Waals surface area contributed by atoms with Crippen LogP contribution < -0.4 is 0 Å². The van der Waals surface area contributed by atoms with Crippen LogP contribution in [0.1, 0.15) is 42.7 Å². The van der Waals surface area contributed by atoms with Crippen LogP contribution in [0.15, 0.2) is 72.0 Å². The van der Waals surface area contributed by atoms with Crippen molar-refractivity contribution in [3.63, 3.8) is 0 Å². The fraction of sp³-hybridized carbons (Fsp3) is 0.484. The van der Waals surface area contributed by atoms with Crippen molar-refractivity contribution in [2.75, 3.05) is 32.8 Å². The molecular weight excluding hydrogens is 490 g/mol. The summed E-state index contributed by atoms with van der Waals surface area (Å²) in [6, 6.07) is 10.4. The van der Waals surface area contributed by atoms with Crippen molar-refractivity contribution >= 4 is 17.6 Å². The highest BCUT2D eigenvalue weighted by Gasteiger charge is 2.55. The van der Waals surface area contributed by atoms with Crippen LogP contribution in [0.2, 0.25) is 0 Å². The van der Waals surface area contributed by atoms with Crippen LogP contribution in [-0.2, 0) is 26.8 Å². The van der Waals surface area contributed by atoms with Gasteiger partial charge < -0.3 is 9.64 Å². The van der Waals surface area contributed by atoms with Gasteiger partial charge in [0.15, 0.2) is 0 Å². The molecule has 8 heteroatoms. The van der Waals surface area contributed by atoms with Gasteiger partial charge in [0.25, 0.3) is 5.91 Å². The smallest absolute Gasteiger partial charge is 0.256 e. The van der Waals surface area contributed by atoms with Gasteiger partial charge in [-0.05, 0) is 18.4 Å². The molecule has 0 radical (unpaired) electrons. The van der Waals surface area contributed by atoms with E-state index in [1.165, 1.54) is 5.56 Å². The molecule has 7 rings (SSSR count). The number of amides is 2. The molecule has 0 N–H and O–H groups in total. The van der Waals surface area contributed by atoms with Crippen molar-refractivity contribution in [1.29, 1.82) is 0 Å². The largest absolute Gasteiger partial charge is 0.381 e. The van der Waals surface area contributed by atoms with Crippen LogP contribution in [0.25, 0.3) is 0 Å². The predicted octanol–water partition coefficient (Wildman–Crippen LogP) is 3.23. The number of carbonyl (C=O) groups is 2. The minimum atomic E-state index is -0.784. The Bertz CT molecular complexity index is 1350. The summed E-state index contributed by atoms with van der Waals surface area (Å²) in [5.74, 6) is 1.75. The molecule has 1 spiro atoms. The van der Waals surface area contributed by atoms with Crippen LogP contribution >= 0.6 is 0 Å². The minimum absolute atomic E-state index is 0.0722. The topological polar surface area (TPSA) is 80.0 Å². The Labute approximate surface area is 229 Å². The quantitative estimate of drug-likeness (QED) is 0.543. The van der Waals surface area contributed by atoms with Crippen LogP contribution in [0.5, 0.6) is 0 Å². The second-order valence-electron chi connectivity index (χ2n) is 11.8. The van der Waals surface area contributed by atoms with Crippen molar-refractivity contribution in [1.82, 2.24) is 19.6 Å². The molecule has 8 nitrogen and oxygen atoms in total. The van der Waals surface area contributed by atoms with Crippen LogP contribution in [-0.4, -0.2) is 75.6 Å². The Morgan fingerprint density at radius 3 is 2.44 bits per heavy atom. The Kier molecular flexibility index (Phi) is 5.84. The third-order valence-electron chi connectivity index (χ3n) is 9.04. The first-order valence-corrected chi connectivity index (χ1v) is 14.2. The normalized spacial score (nSPS) is 28.2. The second-order valence-corrected chi connectivity index (χ2v) is 11.8. The fourth-order valence-corrected chi connectivity index (χ4v) is 6.52. The zero-order chi connectivity index (χ0) is 26.6. The molecule has 39 heavy (non-hydrogen) atoms. The number of aromatic nitrogens is 2. The van der Waals surface area contributed by atoms with Crippen molar-refractivity contribution in [3.05, 3.63) is 78.2 Å². The van der Waals surface area contributed by atoms with E-state index in [1.54, 1.807) is 4.68 Å². The summed E-state index contributed by atoms with van der Waals surface area (Å²) in [4.78, 5) is 36.0. The molecule has 5 aliphatic rings. The fourth-order valence-electron chi connectivity index (χ4n) is 6.52. The standard InChI is InChI=1S/C31H35N5O3/c1-34-21-26(17-32-34)30(11-9-24(10-12-30)23-5-3-2-4-6-23)28-33-31(13-15-39-16-14-31)29(38)36(28)20-22-18-35(19-22)27(37)25-7-8-25/h2-6,9-12,17,21-22,24-25H,7-8,13-16,18-20H2,1H3. The number of hydrogen-bond acceptors (Lipinski definition) is 5. The third kappa shape index (κ3) is 4.16. The number of ether oxygens (including phenoxy) is 1. The highest BCUT2D eigenvalue weighted by Crippen LogP contribution is 2.44. The van der Waals surface area contributed by atoms with Gasteiger partial charge in [-0.15, -0.1) is 0 Å². The number of nitrogens with zero attached hydrogens (tertiary/aromatic N) is 5. The number of aryl methyl sites for hydroxylation is 1. The van der Waals surface area contributed by atoms with E-state index in [1.807, 2.05) is 35.3 Å². The van der Waals surface area contributed by atoms with Gasteiger partial charge in [-0.25, -0.2) is 0 Å². The maximum atomic E-state index is 14.2. The predicted molar refractivity (Wildman–Crippen MR) is 147 cm³/mol. The van der Waals surface area contributed by atoms with Gasteiger partial charge in [-0.1, -0.05) is 54.6 Å². The van der Waals surface area contributed by atoms with Gasteiger partial charge in [0.2, 0.25) is 5.91 Å². The summed E-state index contributed by atoms with van der Waals surface area (Å²) in [7, 11) is 1.92. The first-order valence-electron chi connectivity index (χ1n) is 14.2. The third-order valence-corrected chi connectivity index (χ3v) is 9.04. The molecule has 2 aliphatic carbocycles. The van der Waals surface area contributed by atoms with Gasteiger partial charge in [-0.3, -0.25) is 24.2 Å². The van der Waals surface area contributed by atoms with E-state index in [0.717, 1.165) is 24.2 Å². The Balaban J connectivity index is 1.24. The van der Waals surface area contributed by atoms with Gasteiger partial charge in [0.05, 0.1) is 11.6 Å². The Morgan fingerprint density at radius 2 is 1.79 bits per heavy atom. The molecule has 3 fully saturated rings. The van der Waals surface area contributed by atoms with Crippen molar-refractivity contribution in [2.45, 2.75) is 42.6 Å². The molecule has 2 amide bonds. The van der Waals surface area contributed by atoms with Crippen LogP contribution in [0, 0.1) is 11.8 Å². The van der Waals surface area contributed by atoms with E-state index in [4.69, 9.17) is 9.73 Å². The van der Waals surface area contributed by atoms with Crippen LogP contribution in [0.4, 0.5) is 0 Å². The first-order chi connectivity index (χ1) is 19.0.